The smallest absolute Gasteiger partial charge is 0.331 e. The monoisotopic (exact) mass is 263 g/mol. The fourth-order valence-electron chi connectivity index (χ4n) is 2.27. The average molecular weight is 263 g/mol. The number of fused-ring (bicyclic) bond motifs is 1. The van der Waals surface area contributed by atoms with E-state index in [0.29, 0.717) is 18.6 Å². The number of rotatable bonds is 6. The number of hydrogen-bond donors (Lipinski definition) is 1. The number of nitrogens with zero attached hydrogens (tertiary/aromatic N) is 2. The van der Waals surface area contributed by atoms with E-state index in [4.69, 9.17) is 0 Å². The minimum atomic E-state index is -0.203. The molecule has 0 saturated heterocycles. The average Bonchev–Trinajstić information content (AvgIpc) is 2.88. The molecule has 0 fully saturated rings. The summed E-state index contributed by atoms with van der Waals surface area (Å²) in [6.07, 6.45) is 5.48. The summed E-state index contributed by atoms with van der Waals surface area (Å²) in [5, 5.41) is 0. The molecular weight excluding hydrogens is 242 g/mol. The first-order chi connectivity index (χ1) is 9.20. The zero-order chi connectivity index (χ0) is 13.8. The van der Waals surface area contributed by atoms with Crippen molar-refractivity contribution in [3.8, 4) is 0 Å². The van der Waals surface area contributed by atoms with Crippen LogP contribution in [0.4, 0.5) is 0 Å². The maximum atomic E-state index is 12.4. The zero-order valence-corrected chi connectivity index (χ0v) is 11.6. The van der Waals surface area contributed by atoms with Crippen molar-refractivity contribution in [2.45, 2.75) is 52.6 Å². The number of hydrogen-bond acceptors (Lipinski definition) is 2. The molecule has 0 saturated carbocycles. The van der Waals surface area contributed by atoms with Crippen LogP contribution in [0.5, 0.6) is 0 Å². The summed E-state index contributed by atoms with van der Waals surface area (Å²) in [6.45, 7) is 5.30. The Labute approximate surface area is 111 Å². The standard InChI is InChI=1S/C14H21N3O2/c1-3-5-9-16-11-7-8-15-12(11)13(18)17(14(16)19)10-6-4-2/h7-8,15H,3-6,9-10H2,1-2H3. The number of aryl methyl sites for hydroxylation is 1. The summed E-state index contributed by atoms with van der Waals surface area (Å²) in [7, 11) is 0. The SMILES string of the molecule is CCCCn1c(=O)c2[nH]ccc2n(CCCC)c1=O. The summed E-state index contributed by atoms with van der Waals surface area (Å²) in [5.74, 6) is 0. The Bertz CT molecular complexity index is 663. The van der Waals surface area contributed by atoms with Crippen LogP contribution in [-0.4, -0.2) is 14.1 Å². The van der Waals surface area contributed by atoms with Crippen LogP contribution in [0.15, 0.2) is 21.9 Å². The van der Waals surface area contributed by atoms with Crippen LogP contribution in [0.25, 0.3) is 11.0 Å². The van der Waals surface area contributed by atoms with E-state index in [9.17, 15) is 9.59 Å². The summed E-state index contributed by atoms with van der Waals surface area (Å²) < 4.78 is 3.07. The third kappa shape index (κ3) is 2.50. The predicted molar refractivity (Wildman–Crippen MR) is 76.6 cm³/mol. The van der Waals surface area contributed by atoms with Gasteiger partial charge in [0.25, 0.3) is 5.56 Å². The van der Waals surface area contributed by atoms with Crippen molar-refractivity contribution < 1.29 is 0 Å². The minimum Gasteiger partial charge on any atom is -0.355 e. The minimum absolute atomic E-state index is 0.181. The van der Waals surface area contributed by atoms with E-state index in [1.54, 1.807) is 16.8 Å². The second-order valence-electron chi connectivity index (χ2n) is 4.84. The topological polar surface area (TPSA) is 59.8 Å². The normalized spacial score (nSPS) is 11.3. The molecule has 0 aliphatic heterocycles. The quantitative estimate of drug-likeness (QED) is 0.867. The summed E-state index contributed by atoms with van der Waals surface area (Å²) in [5.41, 5.74) is 0.869. The molecule has 0 bridgehead atoms. The highest BCUT2D eigenvalue weighted by molar-refractivity contribution is 5.74. The highest BCUT2D eigenvalue weighted by Crippen LogP contribution is 2.07. The van der Waals surface area contributed by atoms with Crippen LogP contribution in [0, 0.1) is 0 Å². The second kappa shape index (κ2) is 5.91. The Morgan fingerprint density at radius 1 is 1.05 bits per heavy atom. The lowest BCUT2D eigenvalue weighted by Gasteiger charge is -2.11. The van der Waals surface area contributed by atoms with Gasteiger partial charge in [0.1, 0.15) is 5.52 Å². The van der Waals surface area contributed by atoms with Crippen molar-refractivity contribution in [3.63, 3.8) is 0 Å². The van der Waals surface area contributed by atoms with Gasteiger partial charge >= 0.3 is 5.69 Å². The van der Waals surface area contributed by atoms with Gasteiger partial charge in [0, 0.05) is 19.3 Å². The number of nitrogens with one attached hydrogen (secondary N) is 1. The molecule has 1 N–H and O–H groups in total. The molecule has 2 aromatic rings. The molecule has 5 heteroatoms. The Morgan fingerprint density at radius 3 is 2.32 bits per heavy atom. The molecule has 0 spiro atoms. The number of unbranched alkanes of at least 4 members (excludes halogenated alkanes) is 2. The molecular formula is C14H21N3O2. The van der Waals surface area contributed by atoms with Crippen molar-refractivity contribution >= 4 is 11.0 Å². The van der Waals surface area contributed by atoms with E-state index >= 15 is 0 Å². The van der Waals surface area contributed by atoms with Crippen LogP contribution in [-0.2, 0) is 13.1 Å². The van der Waals surface area contributed by atoms with Gasteiger partial charge in [0.2, 0.25) is 0 Å². The largest absolute Gasteiger partial charge is 0.355 e. The van der Waals surface area contributed by atoms with Gasteiger partial charge in [0.05, 0.1) is 5.52 Å². The number of aromatic nitrogens is 3. The summed E-state index contributed by atoms with van der Waals surface area (Å²) >= 11 is 0. The van der Waals surface area contributed by atoms with Gasteiger partial charge in [-0.05, 0) is 18.9 Å². The Kier molecular flexibility index (Phi) is 4.24. The second-order valence-corrected chi connectivity index (χ2v) is 4.84. The van der Waals surface area contributed by atoms with E-state index in [1.165, 1.54) is 4.57 Å². The molecule has 5 nitrogen and oxygen atoms in total. The van der Waals surface area contributed by atoms with Crippen molar-refractivity contribution in [1.29, 1.82) is 0 Å². The molecule has 0 aliphatic rings. The molecule has 2 aromatic heterocycles. The first-order valence-corrected chi connectivity index (χ1v) is 7.01. The highest BCUT2D eigenvalue weighted by atomic mass is 16.2. The third-order valence-corrected chi connectivity index (χ3v) is 3.41. The van der Waals surface area contributed by atoms with Crippen LogP contribution >= 0.6 is 0 Å². The van der Waals surface area contributed by atoms with E-state index < -0.39 is 0 Å². The van der Waals surface area contributed by atoms with Gasteiger partial charge in [-0.1, -0.05) is 26.7 Å². The van der Waals surface area contributed by atoms with Crippen molar-refractivity contribution in [3.05, 3.63) is 33.1 Å². The van der Waals surface area contributed by atoms with E-state index in [0.717, 1.165) is 31.2 Å². The lowest BCUT2D eigenvalue weighted by atomic mass is 10.3. The van der Waals surface area contributed by atoms with Crippen LogP contribution in [0.3, 0.4) is 0 Å². The molecule has 0 atom stereocenters. The maximum Gasteiger partial charge on any atom is 0.331 e. The van der Waals surface area contributed by atoms with Gasteiger partial charge in [-0.15, -0.1) is 0 Å². The molecule has 0 amide bonds. The fourth-order valence-corrected chi connectivity index (χ4v) is 2.27. The Balaban J connectivity index is 2.61. The van der Waals surface area contributed by atoms with E-state index in [2.05, 4.69) is 11.9 Å². The molecule has 2 rings (SSSR count). The molecule has 0 aliphatic carbocycles. The first-order valence-electron chi connectivity index (χ1n) is 7.01. The number of H-pyrrole nitrogens is 1. The Morgan fingerprint density at radius 2 is 1.68 bits per heavy atom. The Hall–Kier alpha value is -1.78. The van der Waals surface area contributed by atoms with Crippen molar-refractivity contribution in [1.82, 2.24) is 14.1 Å². The first kappa shape index (κ1) is 13.6. The molecule has 0 unspecified atom stereocenters. The molecule has 0 aromatic carbocycles. The van der Waals surface area contributed by atoms with Crippen molar-refractivity contribution in [2.75, 3.05) is 0 Å². The predicted octanol–water partition coefficient (Wildman–Crippen LogP) is 2.09. The van der Waals surface area contributed by atoms with E-state index in [-0.39, 0.29) is 11.2 Å². The summed E-state index contributed by atoms with van der Waals surface area (Å²) in [4.78, 5) is 27.6. The molecule has 2 heterocycles. The van der Waals surface area contributed by atoms with Gasteiger partial charge in [-0.25, -0.2) is 4.79 Å². The van der Waals surface area contributed by atoms with Gasteiger partial charge in [-0.3, -0.25) is 13.9 Å². The van der Waals surface area contributed by atoms with Gasteiger partial charge in [0.15, 0.2) is 0 Å². The van der Waals surface area contributed by atoms with Crippen LogP contribution in [0.1, 0.15) is 39.5 Å². The lowest BCUT2D eigenvalue weighted by molar-refractivity contribution is 0.532. The maximum absolute atomic E-state index is 12.4. The number of aromatic amines is 1. The lowest BCUT2D eigenvalue weighted by Crippen LogP contribution is -2.40. The molecule has 104 valence electrons. The summed E-state index contributed by atoms with van der Waals surface area (Å²) in [6, 6.07) is 1.80. The van der Waals surface area contributed by atoms with Crippen LogP contribution in [0.2, 0.25) is 0 Å². The third-order valence-electron chi connectivity index (χ3n) is 3.41. The van der Waals surface area contributed by atoms with Gasteiger partial charge in [-0.2, -0.15) is 0 Å². The van der Waals surface area contributed by atoms with Crippen LogP contribution < -0.4 is 11.2 Å². The molecule has 19 heavy (non-hydrogen) atoms. The van der Waals surface area contributed by atoms with E-state index in [1.807, 2.05) is 6.92 Å². The fraction of sp³-hybridized carbons (Fsp3) is 0.571. The van der Waals surface area contributed by atoms with Crippen molar-refractivity contribution in [2.24, 2.45) is 0 Å². The highest BCUT2D eigenvalue weighted by Gasteiger charge is 2.12. The molecule has 0 radical (unpaired) electrons. The zero-order valence-electron chi connectivity index (χ0n) is 11.6. The van der Waals surface area contributed by atoms with Gasteiger partial charge < -0.3 is 4.98 Å².